The van der Waals surface area contributed by atoms with Gasteiger partial charge in [0.05, 0.1) is 10.0 Å². The quantitative estimate of drug-likeness (QED) is 0.826. The van der Waals surface area contributed by atoms with Crippen LogP contribution in [0, 0.1) is 0 Å². The Labute approximate surface area is 134 Å². The van der Waals surface area contributed by atoms with Crippen molar-refractivity contribution < 1.29 is 14.3 Å². The molecular weight excluding hydrogens is 333 g/mol. The van der Waals surface area contributed by atoms with Gasteiger partial charge in [0.2, 0.25) is 0 Å². The topological polar surface area (TPSA) is 101 Å². The summed E-state index contributed by atoms with van der Waals surface area (Å²) in [6, 6.07) is 4.16. The zero-order chi connectivity index (χ0) is 16.1. The average Bonchev–Trinajstić information content (AvgIpc) is 2.48. The van der Waals surface area contributed by atoms with Crippen molar-refractivity contribution in [1.82, 2.24) is 9.97 Å². The summed E-state index contributed by atoms with van der Waals surface area (Å²) in [6.07, 6.45) is 2.68. The number of pyridine rings is 2. The van der Waals surface area contributed by atoms with Crippen molar-refractivity contribution in [2.45, 2.75) is 0 Å². The van der Waals surface area contributed by atoms with E-state index >= 15 is 0 Å². The van der Waals surface area contributed by atoms with Crippen molar-refractivity contribution >= 4 is 40.9 Å². The molecule has 1 amide bonds. The van der Waals surface area contributed by atoms with Crippen LogP contribution in [0.25, 0.3) is 0 Å². The number of ether oxygens (including phenoxy) is 1. The van der Waals surface area contributed by atoms with Crippen LogP contribution in [0.2, 0.25) is 10.0 Å². The molecule has 22 heavy (non-hydrogen) atoms. The summed E-state index contributed by atoms with van der Waals surface area (Å²) < 4.78 is 4.74. The van der Waals surface area contributed by atoms with Gasteiger partial charge >= 0.3 is 5.97 Å². The Morgan fingerprint density at radius 1 is 1.36 bits per heavy atom. The first kappa shape index (κ1) is 16.0. The van der Waals surface area contributed by atoms with Crippen molar-refractivity contribution in [3.05, 3.63) is 56.6 Å². The summed E-state index contributed by atoms with van der Waals surface area (Å²) >= 11 is 11.5. The van der Waals surface area contributed by atoms with E-state index < -0.39 is 24.0 Å². The average molecular weight is 342 g/mol. The minimum atomic E-state index is -0.910. The van der Waals surface area contributed by atoms with Crippen LogP contribution >= 0.6 is 23.2 Å². The van der Waals surface area contributed by atoms with E-state index in [-0.39, 0.29) is 16.4 Å². The largest absolute Gasteiger partial charge is 0.452 e. The Morgan fingerprint density at radius 2 is 2.14 bits per heavy atom. The molecule has 0 saturated heterocycles. The van der Waals surface area contributed by atoms with Crippen LogP contribution in [0.5, 0.6) is 0 Å². The lowest BCUT2D eigenvalue weighted by Crippen LogP contribution is -2.24. The van der Waals surface area contributed by atoms with E-state index in [2.05, 4.69) is 15.3 Å². The zero-order valence-electron chi connectivity index (χ0n) is 10.9. The number of H-pyrrole nitrogens is 1. The predicted molar refractivity (Wildman–Crippen MR) is 80.2 cm³/mol. The first-order chi connectivity index (χ1) is 10.5. The summed E-state index contributed by atoms with van der Waals surface area (Å²) in [7, 11) is 0. The molecule has 0 aliphatic rings. The van der Waals surface area contributed by atoms with E-state index in [0.717, 1.165) is 0 Å². The van der Waals surface area contributed by atoms with Crippen LogP contribution in [0.4, 0.5) is 5.82 Å². The van der Waals surface area contributed by atoms with Crippen LogP contribution < -0.4 is 10.9 Å². The molecule has 2 aromatic rings. The molecule has 0 spiro atoms. The lowest BCUT2D eigenvalue weighted by atomic mass is 10.3. The van der Waals surface area contributed by atoms with Crippen molar-refractivity contribution in [3.8, 4) is 0 Å². The van der Waals surface area contributed by atoms with Crippen LogP contribution in [0.3, 0.4) is 0 Å². The number of halogens is 2. The molecule has 0 radical (unpaired) electrons. The van der Waals surface area contributed by atoms with Crippen molar-refractivity contribution in [2.75, 3.05) is 11.9 Å². The number of carbonyl (C=O) groups is 2. The van der Waals surface area contributed by atoms with E-state index in [4.69, 9.17) is 27.9 Å². The second-order valence-corrected chi connectivity index (χ2v) is 4.86. The highest BCUT2D eigenvalue weighted by Crippen LogP contribution is 2.22. The number of aromatic nitrogens is 2. The van der Waals surface area contributed by atoms with Gasteiger partial charge in [0.25, 0.3) is 11.5 Å². The molecule has 2 heterocycles. The van der Waals surface area contributed by atoms with Crippen molar-refractivity contribution in [2.24, 2.45) is 0 Å². The molecule has 0 atom stereocenters. The maximum absolute atomic E-state index is 11.7. The number of aromatic amines is 1. The maximum Gasteiger partial charge on any atom is 0.344 e. The number of amides is 1. The zero-order valence-corrected chi connectivity index (χ0v) is 12.4. The van der Waals surface area contributed by atoms with Gasteiger partial charge in [-0.1, -0.05) is 23.2 Å². The van der Waals surface area contributed by atoms with Gasteiger partial charge < -0.3 is 15.0 Å². The third kappa shape index (κ3) is 4.06. The SMILES string of the molecule is O=C(COC(=O)c1ccc[nH]c1=O)Nc1ncc(Cl)cc1Cl. The van der Waals surface area contributed by atoms with Crippen molar-refractivity contribution in [3.63, 3.8) is 0 Å². The van der Waals surface area contributed by atoms with Gasteiger partial charge in [-0.25, -0.2) is 9.78 Å². The molecule has 0 saturated carbocycles. The Morgan fingerprint density at radius 3 is 2.82 bits per heavy atom. The fourth-order valence-corrected chi connectivity index (χ4v) is 1.89. The van der Waals surface area contributed by atoms with E-state index in [1.54, 1.807) is 0 Å². The molecule has 2 N–H and O–H groups in total. The second kappa shape index (κ2) is 7.06. The molecule has 0 aromatic carbocycles. The van der Waals surface area contributed by atoms with Gasteiger partial charge in [-0.2, -0.15) is 0 Å². The molecule has 0 bridgehead atoms. The minimum absolute atomic E-state index is 0.0877. The number of rotatable bonds is 4. The highest BCUT2D eigenvalue weighted by atomic mass is 35.5. The lowest BCUT2D eigenvalue weighted by Gasteiger charge is -2.07. The Kier molecular flexibility index (Phi) is 5.13. The third-order valence-corrected chi connectivity index (χ3v) is 2.93. The summed E-state index contributed by atoms with van der Waals surface area (Å²) in [4.78, 5) is 40.8. The van der Waals surface area contributed by atoms with E-state index in [0.29, 0.717) is 5.02 Å². The first-order valence-electron chi connectivity index (χ1n) is 5.93. The van der Waals surface area contributed by atoms with E-state index in [1.807, 2.05) is 0 Å². The van der Waals surface area contributed by atoms with Crippen LogP contribution in [-0.2, 0) is 9.53 Å². The number of nitrogens with zero attached hydrogens (tertiary/aromatic N) is 1. The van der Waals surface area contributed by atoms with Gasteiger partial charge in [-0.3, -0.25) is 9.59 Å². The number of nitrogens with one attached hydrogen (secondary N) is 2. The third-order valence-electron chi connectivity index (χ3n) is 2.44. The molecule has 9 heteroatoms. The minimum Gasteiger partial charge on any atom is -0.452 e. The molecule has 0 unspecified atom stereocenters. The molecule has 7 nitrogen and oxygen atoms in total. The summed E-state index contributed by atoms with van der Waals surface area (Å²) in [6.45, 7) is -0.589. The van der Waals surface area contributed by atoms with E-state index in [1.165, 1.54) is 30.6 Å². The summed E-state index contributed by atoms with van der Waals surface area (Å²) in [5, 5.41) is 2.82. The standard InChI is InChI=1S/C13H9Cl2N3O4/c14-7-4-9(15)11(17-5-7)18-10(19)6-22-13(21)8-2-1-3-16-12(8)20/h1-5H,6H2,(H,16,20)(H,17,18,19). The molecule has 0 aliphatic heterocycles. The molecule has 0 fully saturated rings. The predicted octanol–water partition coefficient (Wildman–Crippen LogP) is 1.87. The summed E-state index contributed by atoms with van der Waals surface area (Å²) in [5.74, 6) is -1.48. The summed E-state index contributed by atoms with van der Waals surface area (Å²) in [5.41, 5.74) is -0.798. The molecule has 0 aliphatic carbocycles. The smallest absolute Gasteiger partial charge is 0.344 e. The van der Waals surface area contributed by atoms with Gasteiger partial charge in [-0.15, -0.1) is 0 Å². The number of esters is 1. The fourth-order valence-electron chi connectivity index (χ4n) is 1.47. The normalized spacial score (nSPS) is 10.1. The fraction of sp³-hybridized carbons (Fsp3) is 0.0769. The molecule has 2 rings (SSSR count). The first-order valence-corrected chi connectivity index (χ1v) is 6.68. The lowest BCUT2D eigenvalue weighted by molar-refractivity contribution is -0.119. The number of hydrogen-bond donors (Lipinski definition) is 2. The van der Waals surface area contributed by atoms with Crippen LogP contribution in [0.15, 0.2) is 35.4 Å². The molecule has 114 valence electrons. The number of anilines is 1. The van der Waals surface area contributed by atoms with E-state index in [9.17, 15) is 14.4 Å². The Bertz CT molecular complexity index is 776. The van der Waals surface area contributed by atoms with Crippen LogP contribution in [0.1, 0.15) is 10.4 Å². The molecule has 2 aromatic heterocycles. The van der Waals surface area contributed by atoms with Gasteiger partial charge in [-0.05, 0) is 18.2 Å². The second-order valence-electron chi connectivity index (χ2n) is 4.02. The number of carbonyl (C=O) groups excluding carboxylic acids is 2. The number of hydrogen-bond acceptors (Lipinski definition) is 5. The van der Waals surface area contributed by atoms with Gasteiger partial charge in [0.1, 0.15) is 5.56 Å². The van der Waals surface area contributed by atoms with Gasteiger partial charge in [0, 0.05) is 12.4 Å². The van der Waals surface area contributed by atoms with Crippen LogP contribution in [-0.4, -0.2) is 28.5 Å². The Hall–Kier alpha value is -2.38. The van der Waals surface area contributed by atoms with Gasteiger partial charge in [0.15, 0.2) is 12.4 Å². The monoisotopic (exact) mass is 341 g/mol. The van der Waals surface area contributed by atoms with Crippen molar-refractivity contribution in [1.29, 1.82) is 0 Å². The Balaban J connectivity index is 1.94. The maximum atomic E-state index is 11.7. The highest BCUT2D eigenvalue weighted by Gasteiger charge is 2.14. The highest BCUT2D eigenvalue weighted by molar-refractivity contribution is 6.36. The molecular formula is C13H9Cl2N3O4.